The smallest absolute Gasteiger partial charge is 0.479 e. The number of morpholine rings is 2. The van der Waals surface area contributed by atoms with Gasteiger partial charge in [-0.05, 0) is 24.6 Å². The topological polar surface area (TPSA) is 120 Å². The highest BCUT2D eigenvalue weighted by atomic mass is 19.2. The number of benzene rings is 2. The molecule has 3 unspecified atom stereocenters. The summed E-state index contributed by atoms with van der Waals surface area (Å²) < 4.78 is 60.1. The van der Waals surface area contributed by atoms with Crippen LogP contribution in [0.5, 0.6) is 5.75 Å². The van der Waals surface area contributed by atoms with Gasteiger partial charge in [0.25, 0.3) is 5.91 Å². The maximum Gasteiger partial charge on any atom is 0.519 e. The first-order valence-corrected chi connectivity index (χ1v) is 14.9. The van der Waals surface area contributed by atoms with E-state index in [4.69, 9.17) is 23.0 Å². The molecular formula is C32H28F2N4O8. The summed E-state index contributed by atoms with van der Waals surface area (Å²) in [5.41, 5.74) is 1.58. The van der Waals surface area contributed by atoms with Crippen LogP contribution in [0.15, 0.2) is 67.1 Å². The highest BCUT2D eigenvalue weighted by molar-refractivity contribution is 5.96. The van der Waals surface area contributed by atoms with Gasteiger partial charge in [-0.25, -0.2) is 13.6 Å². The molecule has 14 heteroatoms. The minimum atomic E-state index is -0.980. The van der Waals surface area contributed by atoms with Crippen molar-refractivity contribution in [2.24, 2.45) is 0 Å². The minimum Gasteiger partial charge on any atom is -0.479 e. The second kappa shape index (κ2) is 10.8. The number of aryl methyl sites for hydroxylation is 1. The quantitative estimate of drug-likeness (QED) is 0.332. The number of hydrogen-bond donors (Lipinski definition) is 0. The summed E-state index contributed by atoms with van der Waals surface area (Å²) in [5, 5.41) is 1.86. The average Bonchev–Trinajstić information content (AvgIpc) is 3.33. The van der Waals surface area contributed by atoms with Gasteiger partial charge in [0.05, 0.1) is 32.5 Å². The summed E-state index contributed by atoms with van der Waals surface area (Å²) in [7, 11) is 0. The number of fused-ring (bicyclic) bond motifs is 7. The molecule has 46 heavy (non-hydrogen) atoms. The maximum absolute atomic E-state index is 16.0. The number of nitrogens with zero attached hydrogens (tertiary/aromatic N) is 4. The summed E-state index contributed by atoms with van der Waals surface area (Å²) >= 11 is 0. The van der Waals surface area contributed by atoms with Gasteiger partial charge in [-0.2, -0.15) is 0 Å². The van der Waals surface area contributed by atoms with E-state index in [1.165, 1.54) is 19.2 Å². The number of carbonyl (C=O) groups excluding carboxylic acids is 1. The molecule has 4 aliphatic rings. The van der Waals surface area contributed by atoms with Crippen molar-refractivity contribution in [3.05, 3.63) is 115 Å². The summed E-state index contributed by atoms with van der Waals surface area (Å²) in [6.45, 7) is 2.75. The maximum atomic E-state index is 16.0. The number of carbonyl (C=O) groups is 1. The molecule has 2 saturated heterocycles. The fraction of sp³-hybridized carbons (Fsp3) is 0.344. The van der Waals surface area contributed by atoms with Crippen LogP contribution in [0.1, 0.15) is 50.8 Å². The van der Waals surface area contributed by atoms with Crippen molar-refractivity contribution in [1.29, 1.82) is 0 Å². The van der Waals surface area contributed by atoms with Crippen molar-refractivity contribution < 1.29 is 36.6 Å². The highest BCUT2D eigenvalue weighted by Crippen LogP contribution is 2.48. The van der Waals surface area contributed by atoms with Crippen LogP contribution in [0.3, 0.4) is 0 Å². The molecule has 3 atom stereocenters. The summed E-state index contributed by atoms with van der Waals surface area (Å²) in [4.78, 5) is 42.7. The molecule has 0 bridgehead atoms. The third-order valence-corrected chi connectivity index (χ3v) is 9.07. The van der Waals surface area contributed by atoms with Gasteiger partial charge < -0.3 is 32.8 Å². The average molecular weight is 635 g/mol. The van der Waals surface area contributed by atoms with Gasteiger partial charge >= 0.3 is 5.82 Å². The Labute approximate surface area is 259 Å². The van der Waals surface area contributed by atoms with E-state index >= 15 is 4.39 Å². The lowest BCUT2D eigenvalue weighted by Gasteiger charge is -2.51. The molecule has 0 N–H and O–H groups in total. The van der Waals surface area contributed by atoms with Crippen molar-refractivity contribution in [2.75, 3.05) is 49.4 Å². The van der Waals surface area contributed by atoms with Crippen LogP contribution in [0.2, 0.25) is 0 Å². The van der Waals surface area contributed by atoms with Crippen LogP contribution in [-0.4, -0.2) is 61.2 Å². The second-order valence-corrected chi connectivity index (χ2v) is 11.5. The molecule has 4 aliphatic heterocycles. The van der Waals surface area contributed by atoms with Crippen LogP contribution >= 0.6 is 0 Å². The number of hydrogen-bond acceptors (Lipinski definition) is 10. The summed E-state index contributed by atoms with van der Waals surface area (Å²) in [6.07, 6.45) is 0.782. The third-order valence-electron chi connectivity index (χ3n) is 9.07. The molecule has 1 amide bonds. The van der Waals surface area contributed by atoms with Gasteiger partial charge in [0, 0.05) is 42.2 Å². The van der Waals surface area contributed by atoms with Crippen LogP contribution in [0.25, 0.3) is 0 Å². The Morgan fingerprint density at radius 2 is 1.70 bits per heavy atom. The predicted molar refractivity (Wildman–Crippen MR) is 156 cm³/mol. The van der Waals surface area contributed by atoms with Gasteiger partial charge in [0.1, 0.15) is 18.8 Å². The van der Waals surface area contributed by atoms with E-state index in [0.29, 0.717) is 18.7 Å². The largest absolute Gasteiger partial charge is 0.519 e. The van der Waals surface area contributed by atoms with Gasteiger partial charge in [-0.3, -0.25) is 19.3 Å². The monoisotopic (exact) mass is 634 g/mol. The van der Waals surface area contributed by atoms with E-state index in [9.17, 15) is 18.8 Å². The second-order valence-electron chi connectivity index (χ2n) is 11.5. The van der Waals surface area contributed by atoms with E-state index in [-0.39, 0.29) is 61.5 Å². The zero-order valence-corrected chi connectivity index (χ0v) is 24.6. The number of pyridine rings is 1. The lowest BCUT2D eigenvalue weighted by molar-refractivity contribution is -0.0198. The number of ether oxygens (including phenoxy) is 3. The molecule has 238 valence electrons. The van der Waals surface area contributed by atoms with Gasteiger partial charge in [-0.15, -0.1) is 0 Å². The van der Waals surface area contributed by atoms with Gasteiger partial charge in [-0.1, -0.05) is 24.3 Å². The number of halogens is 2. The molecule has 0 aliphatic carbocycles. The molecule has 2 fully saturated rings. The van der Waals surface area contributed by atoms with Crippen molar-refractivity contribution in [3.8, 4) is 5.75 Å². The Morgan fingerprint density at radius 3 is 2.50 bits per heavy atom. The first-order valence-electron chi connectivity index (χ1n) is 14.9. The van der Waals surface area contributed by atoms with E-state index in [1.54, 1.807) is 15.6 Å². The first-order chi connectivity index (χ1) is 22.3. The van der Waals surface area contributed by atoms with E-state index in [0.717, 1.165) is 17.3 Å². The normalized spacial score (nSPS) is 21.9. The number of amides is 1. The number of aromatic nitrogens is 1. The lowest BCUT2D eigenvalue weighted by atomic mass is 9.91. The van der Waals surface area contributed by atoms with Gasteiger partial charge in [0.2, 0.25) is 5.43 Å². The van der Waals surface area contributed by atoms with Crippen molar-refractivity contribution >= 4 is 11.6 Å². The first kappa shape index (κ1) is 28.5. The molecule has 2 aromatic carbocycles. The number of anilines is 1. The summed E-state index contributed by atoms with van der Waals surface area (Å²) in [5.74, 6) is -3.35. The van der Waals surface area contributed by atoms with Gasteiger partial charge in [0.15, 0.2) is 34.6 Å². The predicted octanol–water partition coefficient (Wildman–Crippen LogP) is 2.99. The van der Waals surface area contributed by atoms with Crippen molar-refractivity contribution in [3.63, 3.8) is 0 Å². The zero-order valence-electron chi connectivity index (χ0n) is 24.6. The molecular weight excluding hydrogens is 606 g/mol. The molecule has 0 spiro atoms. The van der Waals surface area contributed by atoms with E-state index in [2.05, 4.69) is 0 Å². The van der Waals surface area contributed by atoms with Crippen molar-refractivity contribution in [1.82, 2.24) is 9.58 Å². The molecule has 0 radical (unpaired) electrons. The third kappa shape index (κ3) is 4.27. The fourth-order valence-electron chi connectivity index (χ4n) is 7.03. The summed E-state index contributed by atoms with van der Waals surface area (Å²) in [6, 6.07) is 10.2. The van der Waals surface area contributed by atoms with E-state index in [1.807, 2.05) is 34.2 Å². The molecule has 0 saturated carbocycles. The Balaban J connectivity index is 1.37. The molecule has 6 heterocycles. The number of para-hydroxylation sites is 1. The lowest BCUT2D eigenvalue weighted by Crippen LogP contribution is -2.66. The minimum absolute atomic E-state index is 0.0685. The van der Waals surface area contributed by atoms with Crippen LogP contribution in [-0.2, 0) is 16.1 Å². The van der Waals surface area contributed by atoms with Crippen LogP contribution in [0, 0.1) is 18.6 Å². The Morgan fingerprint density at radius 1 is 0.913 bits per heavy atom. The molecule has 4 aromatic rings. The zero-order chi connectivity index (χ0) is 31.7. The molecule has 2 aromatic heterocycles. The standard InChI is InChI=1S/C32H28F2N4O8/c1-17-24(46-32(41)45-17)15-44-30-23(39)8-9-37-29(30)31(40)36-11-13-43-16-25(36)38(37)28-18-4-2-3-5-21(18)35-10-12-42-14-22(35)26-19(28)6-7-20(33)27(26)34/h2-9,22,25,28H,10-16H2,1H3. The van der Waals surface area contributed by atoms with Crippen LogP contribution < -0.4 is 25.9 Å². The fourth-order valence-corrected chi connectivity index (χ4v) is 7.03. The van der Waals surface area contributed by atoms with E-state index < -0.39 is 47.0 Å². The van der Waals surface area contributed by atoms with Crippen molar-refractivity contribution in [2.45, 2.75) is 31.8 Å². The Kier molecular flexibility index (Phi) is 6.72. The number of rotatable bonds is 4. The molecule has 12 nitrogen and oxygen atoms in total. The highest BCUT2D eigenvalue weighted by Gasteiger charge is 2.48. The SMILES string of the molecule is Cc1oc(=O)oc1COc1c2n(ccc1=O)N(C1c3ccccc3N3CCOCC3c3c1ccc(F)c3F)C1COCCN1C2=O. The molecule has 8 rings (SSSR count). The Bertz CT molecular complexity index is 1990. The Hall–Kier alpha value is -4.95. The van der Waals surface area contributed by atoms with Crippen LogP contribution in [0.4, 0.5) is 14.5 Å².